The van der Waals surface area contributed by atoms with E-state index in [4.69, 9.17) is 11.6 Å². The van der Waals surface area contributed by atoms with Crippen molar-refractivity contribution in [2.45, 2.75) is 34.1 Å². The summed E-state index contributed by atoms with van der Waals surface area (Å²) in [6.07, 6.45) is 2.84. The van der Waals surface area contributed by atoms with E-state index in [-0.39, 0.29) is 0 Å². The van der Waals surface area contributed by atoms with Crippen molar-refractivity contribution in [2.24, 2.45) is 5.41 Å². The number of halogens is 1. The number of aromatic nitrogens is 1. The number of nitrogens with zero attached hydrogens (tertiary/aromatic N) is 1. The molecule has 0 unspecified atom stereocenters. The van der Waals surface area contributed by atoms with Crippen LogP contribution in [0.2, 0.25) is 5.15 Å². The van der Waals surface area contributed by atoms with Crippen molar-refractivity contribution in [2.75, 3.05) is 11.9 Å². The number of nitrogens with one attached hydrogen (secondary N) is 1. The van der Waals surface area contributed by atoms with Gasteiger partial charge in [0.15, 0.2) is 5.15 Å². The highest BCUT2D eigenvalue weighted by atomic mass is 35.5. The van der Waals surface area contributed by atoms with Crippen molar-refractivity contribution in [3.8, 4) is 0 Å². The molecule has 0 saturated carbocycles. The molecule has 0 aliphatic carbocycles. The van der Waals surface area contributed by atoms with E-state index < -0.39 is 0 Å². The minimum absolute atomic E-state index is 0.343. The third kappa shape index (κ3) is 4.08. The Hall–Kier alpha value is -0.760. The number of pyridine rings is 1. The lowest BCUT2D eigenvalue weighted by molar-refractivity contribution is 0.390. The predicted octanol–water partition coefficient (Wildman–Crippen LogP) is 3.89. The van der Waals surface area contributed by atoms with Crippen LogP contribution in [0.4, 0.5) is 5.69 Å². The maximum Gasteiger partial charge on any atom is 0.152 e. The Morgan fingerprint density at radius 3 is 2.60 bits per heavy atom. The molecule has 3 heteroatoms. The van der Waals surface area contributed by atoms with Gasteiger partial charge in [0.25, 0.3) is 0 Å². The van der Waals surface area contributed by atoms with Crippen LogP contribution in [0.15, 0.2) is 12.3 Å². The lowest BCUT2D eigenvalue weighted by Gasteiger charge is -2.19. The second-order valence-corrected chi connectivity index (χ2v) is 5.39. The third-order valence-corrected chi connectivity index (χ3v) is 2.58. The SMILES string of the molecule is Cc1ccnc(Cl)c1NCCC(C)(C)C. The summed E-state index contributed by atoms with van der Waals surface area (Å²) in [5.74, 6) is 0. The van der Waals surface area contributed by atoms with Gasteiger partial charge < -0.3 is 5.32 Å². The van der Waals surface area contributed by atoms with Gasteiger partial charge in [0, 0.05) is 12.7 Å². The van der Waals surface area contributed by atoms with Crippen LogP contribution < -0.4 is 5.32 Å². The van der Waals surface area contributed by atoms with Gasteiger partial charge in [0.05, 0.1) is 5.69 Å². The second kappa shape index (κ2) is 4.84. The minimum Gasteiger partial charge on any atom is -0.382 e. The number of hydrogen-bond donors (Lipinski definition) is 1. The van der Waals surface area contributed by atoms with E-state index in [2.05, 4.69) is 31.1 Å². The molecule has 15 heavy (non-hydrogen) atoms. The molecule has 0 radical (unpaired) electrons. The summed E-state index contributed by atoms with van der Waals surface area (Å²) in [5, 5.41) is 3.90. The molecule has 0 aliphatic heterocycles. The van der Waals surface area contributed by atoms with E-state index in [0.29, 0.717) is 10.6 Å². The van der Waals surface area contributed by atoms with Crippen LogP contribution in [0.25, 0.3) is 0 Å². The summed E-state index contributed by atoms with van der Waals surface area (Å²) in [6.45, 7) is 9.65. The molecule has 2 nitrogen and oxygen atoms in total. The zero-order valence-corrected chi connectivity index (χ0v) is 10.7. The van der Waals surface area contributed by atoms with Crippen LogP contribution in [-0.4, -0.2) is 11.5 Å². The monoisotopic (exact) mass is 226 g/mol. The highest BCUT2D eigenvalue weighted by Gasteiger charge is 2.10. The first-order chi connectivity index (χ1) is 6.90. The maximum atomic E-state index is 6.01. The second-order valence-electron chi connectivity index (χ2n) is 5.03. The number of hydrogen-bond acceptors (Lipinski definition) is 2. The first kappa shape index (κ1) is 12.3. The Kier molecular flexibility index (Phi) is 3.97. The molecule has 0 aromatic carbocycles. The lowest BCUT2D eigenvalue weighted by atomic mass is 9.92. The summed E-state index contributed by atoms with van der Waals surface area (Å²) in [4.78, 5) is 4.06. The first-order valence-corrected chi connectivity index (χ1v) is 5.63. The third-order valence-electron chi connectivity index (χ3n) is 2.29. The van der Waals surface area contributed by atoms with E-state index in [1.807, 2.05) is 13.0 Å². The molecule has 0 spiro atoms. The van der Waals surface area contributed by atoms with Crippen molar-refractivity contribution >= 4 is 17.3 Å². The van der Waals surface area contributed by atoms with Gasteiger partial charge in [0.1, 0.15) is 0 Å². The molecular formula is C12H19ClN2. The smallest absolute Gasteiger partial charge is 0.152 e. The van der Waals surface area contributed by atoms with E-state index in [1.165, 1.54) is 0 Å². The summed E-state index contributed by atoms with van der Waals surface area (Å²) >= 11 is 6.01. The summed E-state index contributed by atoms with van der Waals surface area (Å²) in [6, 6.07) is 1.96. The van der Waals surface area contributed by atoms with Crippen LogP contribution in [-0.2, 0) is 0 Å². The van der Waals surface area contributed by atoms with Crippen LogP contribution in [0.1, 0.15) is 32.8 Å². The number of anilines is 1. The Bertz CT molecular complexity index is 309. The molecule has 0 saturated heterocycles. The number of rotatable bonds is 3. The van der Waals surface area contributed by atoms with Crippen LogP contribution in [0, 0.1) is 12.3 Å². The molecule has 0 amide bonds. The normalized spacial score (nSPS) is 11.5. The summed E-state index contributed by atoms with van der Waals surface area (Å²) in [5.41, 5.74) is 2.45. The van der Waals surface area contributed by atoms with Gasteiger partial charge in [-0.1, -0.05) is 32.4 Å². The Morgan fingerprint density at radius 1 is 1.40 bits per heavy atom. The molecule has 1 rings (SSSR count). The Morgan fingerprint density at radius 2 is 2.07 bits per heavy atom. The van der Waals surface area contributed by atoms with Crippen molar-refractivity contribution < 1.29 is 0 Å². The van der Waals surface area contributed by atoms with Crippen LogP contribution in [0.5, 0.6) is 0 Å². The van der Waals surface area contributed by atoms with Crippen molar-refractivity contribution in [1.29, 1.82) is 0 Å². The Balaban J connectivity index is 2.58. The van der Waals surface area contributed by atoms with Gasteiger partial charge in [-0.2, -0.15) is 0 Å². The first-order valence-electron chi connectivity index (χ1n) is 5.25. The quantitative estimate of drug-likeness (QED) is 0.791. The molecule has 84 valence electrons. The van der Waals surface area contributed by atoms with Crippen LogP contribution in [0.3, 0.4) is 0 Å². The fraction of sp³-hybridized carbons (Fsp3) is 0.583. The van der Waals surface area contributed by atoms with Crippen molar-refractivity contribution in [3.05, 3.63) is 23.0 Å². The number of aryl methyl sites for hydroxylation is 1. The van der Waals surface area contributed by atoms with E-state index in [0.717, 1.165) is 24.2 Å². The average molecular weight is 227 g/mol. The topological polar surface area (TPSA) is 24.9 Å². The fourth-order valence-electron chi connectivity index (χ4n) is 1.30. The summed E-state index contributed by atoms with van der Waals surface area (Å²) < 4.78 is 0. The van der Waals surface area contributed by atoms with Crippen LogP contribution >= 0.6 is 11.6 Å². The highest BCUT2D eigenvalue weighted by Crippen LogP contribution is 2.24. The minimum atomic E-state index is 0.343. The van der Waals surface area contributed by atoms with Gasteiger partial charge >= 0.3 is 0 Å². The molecule has 0 bridgehead atoms. The fourth-order valence-corrected chi connectivity index (χ4v) is 1.57. The molecule has 0 fully saturated rings. The van der Waals surface area contributed by atoms with E-state index >= 15 is 0 Å². The molecular weight excluding hydrogens is 208 g/mol. The van der Waals surface area contributed by atoms with Crippen molar-refractivity contribution in [1.82, 2.24) is 4.98 Å². The molecule has 1 aromatic heterocycles. The predicted molar refractivity (Wildman–Crippen MR) is 66.5 cm³/mol. The molecule has 1 aromatic rings. The lowest BCUT2D eigenvalue weighted by Crippen LogP contribution is -2.13. The van der Waals surface area contributed by atoms with E-state index in [9.17, 15) is 0 Å². The zero-order valence-electron chi connectivity index (χ0n) is 9.89. The molecule has 0 aliphatic rings. The molecule has 0 atom stereocenters. The molecule has 1 N–H and O–H groups in total. The van der Waals surface area contributed by atoms with Gasteiger partial charge in [-0.05, 0) is 30.4 Å². The standard InChI is InChI=1S/C12H19ClN2/c1-9-5-7-15-11(13)10(9)14-8-6-12(2,3)4/h5,7,14H,6,8H2,1-4H3. The Labute approximate surface area is 97.1 Å². The zero-order chi connectivity index (χ0) is 11.5. The van der Waals surface area contributed by atoms with Gasteiger partial charge in [0.2, 0.25) is 0 Å². The van der Waals surface area contributed by atoms with Gasteiger partial charge in [-0.25, -0.2) is 4.98 Å². The van der Waals surface area contributed by atoms with Crippen molar-refractivity contribution in [3.63, 3.8) is 0 Å². The largest absolute Gasteiger partial charge is 0.382 e. The summed E-state index contributed by atoms with van der Waals surface area (Å²) in [7, 11) is 0. The van der Waals surface area contributed by atoms with Gasteiger partial charge in [-0.3, -0.25) is 0 Å². The molecule has 1 heterocycles. The van der Waals surface area contributed by atoms with Gasteiger partial charge in [-0.15, -0.1) is 0 Å². The van der Waals surface area contributed by atoms with E-state index in [1.54, 1.807) is 6.20 Å². The maximum absolute atomic E-state index is 6.01. The average Bonchev–Trinajstić information content (AvgIpc) is 2.08. The highest BCUT2D eigenvalue weighted by molar-refractivity contribution is 6.32.